The maximum atomic E-state index is 4.74. The van der Waals surface area contributed by atoms with E-state index in [9.17, 15) is 0 Å². The van der Waals surface area contributed by atoms with Crippen molar-refractivity contribution in [1.82, 2.24) is 29.5 Å². The van der Waals surface area contributed by atoms with E-state index in [1.54, 1.807) is 29.4 Å². The zero-order chi connectivity index (χ0) is 15.2. The van der Waals surface area contributed by atoms with Gasteiger partial charge in [-0.3, -0.25) is 4.98 Å². The average Bonchev–Trinajstić information content (AvgIpc) is 3.09. The lowest BCUT2D eigenvalue weighted by molar-refractivity contribution is 0.713. The van der Waals surface area contributed by atoms with Crippen molar-refractivity contribution in [1.29, 1.82) is 0 Å². The maximum absolute atomic E-state index is 4.74. The molecule has 4 aromatic rings. The predicted molar refractivity (Wildman–Crippen MR) is 88.5 cm³/mol. The lowest BCUT2D eigenvalue weighted by Crippen LogP contribution is -1.92. The molecule has 0 aliphatic heterocycles. The van der Waals surface area contributed by atoms with Crippen molar-refractivity contribution in [3.8, 4) is 11.5 Å². The van der Waals surface area contributed by atoms with Crippen LogP contribution in [-0.4, -0.2) is 29.5 Å². The highest BCUT2D eigenvalue weighted by Crippen LogP contribution is 2.36. The summed E-state index contributed by atoms with van der Waals surface area (Å²) < 4.78 is 1.77. The number of hydrogen-bond donors (Lipinski definition) is 0. The van der Waals surface area contributed by atoms with Crippen LogP contribution in [-0.2, 0) is 12.8 Å². The fourth-order valence-corrected chi connectivity index (χ4v) is 4.48. The smallest absolute Gasteiger partial charge is 0.202 e. The third-order valence-corrected chi connectivity index (χ3v) is 5.53. The molecule has 0 saturated carbocycles. The van der Waals surface area contributed by atoms with E-state index in [0.717, 1.165) is 23.3 Å². The molecular formula is C16H14N6S. The number of aryl methyl sites for hydroxylation is 2. The van der Waals surface area contributed by atoms with Crippen LogP contribution in [0.2, 0.25) is 0 Å². The summed E-state index contributed by atoms with van der Waals surface area (Å²) in [6, 6.07) is 0. The SMILES string of the molecule is c1cnc(-c2nc3c4c5c(sc4ncn3n2)CCCCC5)cn1. The third kappa shape index (κ3) is 2.03. The molecule has 23 heavy (non-hydrogen) atoms. The average molecular weight is 322 g/mol. The molecule has 0 bridgehead atoms. The summed E-state index contributed by atoms with van der Waals surface area (Å²) in [5.74, 6) is 0.598. The van der Waals surface area contributed by atoms with Crippen LogP contribution in [0.5, 0.6) is 0 Å². The van der Waals surface area contributed by atoms with Crippen LogP contribution >= 0.6 is 11.3 Å². The van der Waals surface area contributed by atoms with E-state index in [0.29, 0.717) is 11.5 Å². The molecule has 0 aromatic carbocycles. The zero-order valence-corrected chi connectivity index (χ0v) is 13.3. The van der Waals surface area contributed by atoms with Crippen molar-refractivity contribution >= 4 is 27.2 Å². The molecule has 0 N–H and O–H groups in total. The summed E-state index contributed by atoms with van der Waals surface area (Å²) in [4.78, 5) is 20.3. The van der Waals surface area contributed by atoms with E-state index in [1.165, 1.54) is 35.1 Å². The summed E-state index contributed by atoms with van der Waals surface area (Å²) in [7, 11) is 0. The normalized spacial score (nSPS) is 15.0. The highest BCUT2D eigenvalue weighted by Gasteiger charge is 2.20. The molecule has 6 nitrogen and oxygen atoms in total. The molecule has 0 radical (unpaired) electrons. The Hall–Kier alpha value is -2.41. The fourth-order valence-electron chi connectivity index (χ4n) is 3.25. The van der Waals surface area contributed by atoms with Gasteiger partial charge in [-0.15, -0.1) is 16.4 Å². The van der Waals surface area contributed by atoms with E-state index in [1.807, 2.05) is 11.3 Å². The van der Waals surface area contributed by atoms with Gasteiger partial charge in [0.15, 0.2) is 5.65 Å². The van der Waals surface area contributed by atoms with Gasteiger partial charge >= 0.3 is 0 Å². The Balaban J connectivity index is 1.79. The predicted octanol–water partition coefficient (Wildman–Crippen LogP) is 3.06. The molecule has 1 aliphatic carbocycles. The third-order valence-electron chi connectivity index (χ3n) is 4.33. The first kappa shape index (κ1) is 13.1. The van der Waals surface area contributed by atoms with Crippen LogP contribution in [0.3, 0.4) is 0 Å². The molecule has 4 heterocycles. The molecule has 0 fully saturated rings. The Bertz CT molecular complexity index is 1000. The first-order valence-corrected chi connectivity index (χ1v) is 8.64. The number of rotatable bonds is 1. The fraction of sp³-hybridized carbons (Fsp3) is 0.312. The Morgan fingerprint density at radius 1 is 1.04 bits per heavy atom. The van der Waals surface area contributed by atoms with Gasteiger partial charge in [-0.05, 0) is 31.2 Å². The minimum absolute atomic E-state index is 0.598. The van der Waals surface area contributed by atoms with Gasteiger partial charge in [0.25, 0.3) is 0 Å². The van der Waals surface area contributed by atoms with Crippen molar-refractivity contribution in [3.05, 3.63) is 35.4 Å². The van der Waals surface area contributed by atoms with Crippen molar-refractivity contribution < 1.29 is 0 Å². The highest BCUT2D eigenvalue weighted by atomic mass is 32.1. The summed E-state index contributed by atoms with van der Waals surface area (Å²) in [5, 5.41) is 5.71. The summed E-state index contributed by atoms with van der Waals surface area (Å²) in [5.41, 5.74) is 3.00. The molecule has 0 atom stereocenters. The van der Waals surface area contributed by atoms with Gasteiger partial charge in [-0.1, -0.05) is 6.42 Å². The summed E-state index contributed by atoms with van der Waals surface area (Å²) >= 11 is 1.81. The number of fused-ring (bicyclic) bond motifs is 5. The Morgan fingerprint density at radius 2 is 2.00 bits per heavy atom. The van der Waals surface area contributed by atoms with Crippen molar-refractivity contribution in [2.45, 2.75) is 32.1 Å². The number of aromatic nitrogens is 6. The second-order valence-electron chi connectivity index (χ2n) is 5.78. The zero-order valence-electron chi connectivity index (χ0n) is 12.4. The van der Waals surface area contributed by atoms with Gasteiger partial charge in [0, 0.05) is 17.3 Å². The molecule has 0 unspecified atom stereocenters. The van der Waals surface area contributed by atoms with Gasteiger partial charge in [-0.25, -0.2) is 19.5 Å². The molecule has 1 aliphatic rings. The standard InChI is InChI=1S/C16H14N6S/c1-2-4-10-12(5-3-1)23-16-13(10)15-20-14(21-22(15)9-19-16)11-8-17-6-7-18-11/h6-9H,1-5H2. The summed E-state index contributed by atoms with van der Waals surface area (Å²) in [6.07, 6.45) is 12.8. The number of nitrogens with zero attached hydrogens (tertiary/aromatic N) is 6. The van der Waals surface area contributed by atoms with Gasteiger partial charge in [0.05, 0.1) is 11.6 Å². The lowest BCUT2D eigenvalue weighted by atomic mass is 10.1. The quantitative estimate of drug-likeness (QED) is 0.504. The molecule has 0 amide bonds. The molecule has 0 spiro atoms. The van der Waals surface area contributed by atoms with Crippen LogP contribution in [0.1, 0.15) is 29.7 Å². The van der Waals surface area contributed by atoms with Crippen LogP contribution in [0.15, 0.2) is 24.9 Å². The van der Waals surface area contributed by atoms with E-state index in [-0.39, 0.29) is 0 Å². The van der Waals surface area contributed by atoms with E-state index >= 15 is 0 Å². The van der Waals surface area contributed by atoms with Crippen molar-refractivity contribution in [3.63, 3.8) is 0 Å². The van der Waals surface area contributed by atoms with Crippen molar-refractivity contribution in [2.75, 3.05) is 0 Å². The van der Waals surface area contributed by atoms with Gasteiger partial charge in [-0.2, -0.15) is 0 Å². The van der Waals surface area contributed by atoms with Gasteiger partial charge in [0.2, 0.25) is 5.82 Å². The molecule has 4 aromatic heterocycles. The topological polar surface area (TPSA) is 68.9 Å². The maximum Gasteiger partial charge on any atom is 0.202 e. The minimum Gasteiger partial charge on any atom is -0.261 e. The van der Waals surface area contributed by atoms with E-state index in [4.69, 9.17) is 4.98 Å². The van der Waals surface area contributed by atoms with Crippen LogP contribution < -0.4 is 0 Å². The number of thiophene rings is 1. The molecule has 7 heteroatoms. The van der Waals surface area contributed by atoms with Crippen LogP contribution in [0.25, 0.3) is 27.4 Å². The van der Waals surface area contributed by atoms with Gasteiger partial charge in [0.1, 0.15) is 16.9 Å². The molecular weight excluding hydrogens is 308 g/mol. The largest absolute Gasteiger partial charge is 0.261 e. The van der Waals surface area contributed by atoms with Gasteiger partial charge < -0.3 is 0 Å². The second kappa shape index (κ2) is 5.06. The summed E-state index contributed by atoms with van der Waals surface area (Å²) in [6.45, 7) is 0. The van der Waals surface area contributed by atoms with Crippen LogP contribution in [0.4, 0.5) is 0 Å². The van der Waals surface area contributed by atoms with E-state index < -0.39 is 0 Å². The molecule has 114 valence electrons. The lowest BCUT2D eigenvalue weighted by Gasteiger charge is -1.98. The Morgan fingerprint density at radius 3 is 2.91 bits per heavy atom. The van der Waals surface area contributed by atoms with Crippen LogP contribution in [0, 0.1) is 0 Å². The monoisotopic (exact) mass is 322 g/mol. The van der Waals surface area contributed by atoms with Crippen molar-refractivity contribution in [2.24, 2.45) is 0 Å². The van der Waals surface area contributed by atoms with E-state index in [2.05, 4.69) is 20.1 Å². The Kier molecular flexibility index (Phi) is 2.87. The Labute approximate surface area is 136 Å². The minimum atomic E-state index is 0.598. The first-order valence-electron chi connectivity index (χ1n) is 7.82. The second-order valence-corrected chi connectivity index (χ2v) is 6.87. The number of hydrogen-bond acceptors (Lipinski definition) is 6. The first-order chi connectivity index (χ1) is 11.4. The molecule has 5 rings (SSSR count). The highest BCUT2D eigenvalue weighted by molar-refractivity contribution is 7.19. The molecule has 0 saturated heterocycles.